The third-order valence-corrected chi connectivity index (χ3v) is 3.17. The zero-order chi connectivity index (χ0) is 12.1. The van der Waals surface area contributed by atoms with Crippen LogP contribution in [0.2, 0.25) is 5.02 Å². The summed E-state index contributed by atoms with van der Waals surface area (Å²) in [6.07, 6.45) is 0.937. The summed E-state index contributed by atoms with van der Waals surface area (Å²) in [5.74, 6) is 1.51. The average molecular weight is 262 g/mol. The fourth-order valence-electron chi connectivity index (χ4n) is 1.52. The van der Waals surface area contributed by atoms with Crippen LogP contribution in [-0.2, 0) is 0 Å². The second-order valence-electron chi connectivity index (χ2n) is 3.74. The molecule has 90 valence electrons. The third-order valence-electron chi connectivity index (χ3n) is 2.50. The number of methoxy groups -OCH3 is 1. The Balaban J connectivity index is 2.96. The van der Waals surface area contributed by atoms with Gasteiger partial charge in [-0.3, -0.25) is 0 Å². The highest BCUT2D eigenvalue weighted by Crippen LogP contribution is 2.33. The van der Waals surface area contributed by atoms with Gasteiger partial charge < -0.3 is 9.64 Å². The molecule has 0 aliphatic rings. The van der Waals surface area contributed by atoms with Crippen LogP contribution in [-0.4, -0.2) is 26.6 Å². The number of hydrogen-bond donors (Lipinski definition) is 0. The molecule has 0 radical (unpaired) electrons. The van der Waals surface area contributed by atoms with Crippen LogP contribution < -0.4 is 9.64 Å². The summed E-state index contributed by atoms with van der Waals surface area (Å²) in [7, 11) is 3.68. The monoisotopic (exact) mass is 261 g/mol. The van der Waals surface area contributed by atoms with E-state index in [1.807, 2.05) is 26.1 Å². The summed E-state index contributed by atoms with van der Waals surface area (Å²) >= 11 is 11.8. The van der Waals surface area contributed by atoms with Crippen LogP contribution in [0.4, 0.5) is 5.69 Å². The molecule has 0 aliphatic heterocycles. The van der Waals surface area contributed by atoms with Gasteiger partial charge in [0.05, 0.1) is 12.8 Å². The minimum absolute atomic E-state index is 0.659. The van der Waals surface area contributed by atoms with Crippen molar-refractivity contribution in [3.05, 3.63) is 22.7 Å². The molecule has 0 saturated carbocycles. The molecule has 2 nitrogen and oxygen atoms in total. The first-order valence-corrected chi connectivity index (χ1v) is 6.12. The van der Waals surface area contributed by atoms with Crippen molar-refractivity contribution in [1.82, 2.24) is 0 Å². The lowest BCUT2D eigenvalue weighted by atomic mass is 10.2. The van der Waals surface area contributed by atoms with Crippen molar-refractivity contribution >= 4 is 28.9 Å². The second-order valence-corrected chi connectivity index (χ2v) is 4.52. The highest BCUT2D eigenvalue weighted by molar-refractivity contribution is 6.31. The number of hydrogen-bond acceptors (Lipinski definition) is 2. The standard InChI is InChI=1S/C12H17Cl2NO/c1-9-7-12(16-3)11(8-10(9)14)15(2)6-4-5-13/h7-8H,4-6H2,1-3H3. The quantitative estimate of drug-likeness (QED) is 0.750. The van der Waals surface area contributed by atoms with Crippen LogP contribution in [0.5, 0.6) is 5.75 Å². The number of ether oxygens (including phenoxy) is 1. The number of alkyl halides is 1. The molecule has 0 N–H and O–H groups in total. The Labute approximate surface area is 107 Å². The molecule has 0 spiro atoms. The Morgan fingerprint density at radius 3 is 2.62 bits per heavy atom. The van der Waals surface area contributed by atoms with Gasteiger partial charge in [0.15, 0.2) is 0 Å². The van der Waals surface area contributed by atoms with Gasteiger partial charge in [-0.25, -0.2) is 0 Å². The second kappa shape index (κ2) is 6.21. The smallest absolute Gasteiger partial charge is 0.142 e. The van der Waals surface area contributed by atoms with Crippen molar-refractivity contribution in [2.45, 2.75) is 13.3 Å². The van der Waals surface area contributed by atoms with E-state index in [2.05, 4.69) is 4.90 Å². The molecule has 0 atom stereocenters. The van der Waals surface area contributed by atoms with Crippen molar-refractivity contribution in [3.63, 3.8) is 0 Å². The van der Waals surface area contributed by atoms with Crippen molar-refractivity contribution in [1.29, 1.82) is 0 Å². The number of benzene rings is 1. The van der Waals surface area contributed by atoms with Gasteiger partial charge in [-0.05, 0) is 31.0 Å². The Hall–Kier alpha value is -0.600. The molecule has 1 rings (SSSR count). The Morgan fingerprint density at radius 2 is 2.06 bits per heavy atom. The van der Waals surface area contributed by atoms with Gasteiger partial charge in [-0.1, -0.05) is 11.6 Å². The predicted octanol–water partition coefficient (Wildman–Crippen LogP) is 3.72. The average Bonchev–Trinajstić information content (AvgIpc) is 2.28. The first-order chi connectivity index (χ1) is 7.60. The summed E-state index contributed by atoms with van der Waals surface area (Å²) in [5, 5.41) is 0.758. The number of halogens is 2. The molecule has 4 heteroatoms. The van der Waals surface area contributed by atoms with E-state index in [-0.39, 0.29) is 0 Å². The number of rotatable bonds is 5. The summed E-state index contributed by atoms with van der Waals surface area (Å²) in [6, 6.07) is 3.89. The Kier molecular flexibility index (Phi) is 5.23. The molecule has 1 aromatic carbocycles. The van der Waals surface area contributed by atoms with Crippen molar-refractivity contribution in [2.75, 3.05) is 31.5 Å². The van der Waals surface area contributed by atoms with E-state index in [1.54, 1.807) is 7.11 Å². The van der Waals surface area contributed by atoms with Gasteiger partial charge >= 0.3 is 0 Å². The molecule has 0 heterocycles. The van der Waals surface area contributed by atoms with Gasteiger partial charge in [0, 0.05) is 24.5 Å². The largest absolute Gasteiger partial charge is 0.495 e. The van der Waals surface area contributed by atoms with Crippen molar-refractivity contribution in [3.8, 4) is 5.75 Å². The van der Waals surface area contributed by atoms with Crippen LogP contribution >= 0.6 is 23.2 Å². The highest BCUT2D eigenvalue weighted by atomic mass is 35.5. The van der Waals surface area contributed by atoms with Gasteiger partial charge in [0.25, 0.3) is 0 Å². The predicted molar refractivity (Wildman–Crippen MR) is 71.3 cm³/mol. The summed E-state index contributed by atoms with van der Waals surface area (Å²) in [6.45, 7) is 2.85. The van der Waals surface area contributed by atoms with E-state index in [9.17, 15) is 0 Å². The van der Waals surface area contributed by atoms with Crippen molar-refractivity contribution < 1.29 is 4.74 Å². The topological polar surface area (TPSA) is 12.5 Å². The van der Waals surface area contributed by atoms with E-state index >= 15 is 0 Å². The SMILES string of the molecule is COc1cc(C)c(Cl)cc1N(C)CCCCl. The molecule has 0 bridgehead atoms. The van der Waals surface area contributed by atoms with Crippen molar-refractivity contribution in [2.24, 2.45) is 0 Å². The summed E-state index contributed by atoms with van der Waals surface area (Å²) in [5.41, 5.74) is 2.02. The summed E-state index contributed by atoms with van der Waals surface area (Å²) < 4.78 is 5.35. The van der Waals surface area contributed by atoms with Gasteiger partial charge in [-0.15, -0.1) is 11.6 Å². The van der Waals surface area contributed by atoms with E-state index in [4.69, 9.17) is 27.9 Å². The van der Waals surface area contributed by atoms with Gasteiger partial charge in [0.1, 0.15) is 5.75 Å². The van der Waals surface area contributed by atoms with E-state index in [0.717, 1.165) is 35.0 Å². The molecule has 0 amide bonds. The zero-order valence-corrected chi connectivity index (χ0v) is 11.4. The fourth-order valence-corrected chi connectivity index (χ4v) is 1.80. The molecule has 1 aromatic rings. The normalized spacial score (nSPS) is 10.3. The first-order valence-electron chi connectivity index (χ1n) is 5.21. The molecule has 0 unspecified atom stereocenters. The Bertz CT molecular complexity index is 355. The van der Waals surface area contributed by atoms with Crippen LogP contribution in [0.1, 0.15) is 12.0 Å². The lowest BCUT2D eigenvalue weighted by molar-refractivity contribution is 0.414. The van der Waals surface area contributed by atoms with Gasteiger partial charge in [0.2, 0.25) is 0 Å². The molecular weight excluding hydrogens is 245 g/mol. The van der Waals surface area contributed by atoms with Gasteiger partial charge in [-0.2, -0.15) is 0 Å². The fraction of sp³-hybridized carbons (Fsp3) is 0.500. The van der Waals surface area contributed by atoms with E-state index in [0.29, 0.717) is 5.88 Å². The van der Waals surface area contributed by atoms with Crippen LogP contribution in [0.3, 0.4) is 0 Å². The lowest BCUT2D eigenvalue weighted by Crippen LogP contribution is -2.19. The number of aryl methyl sites for hydroxylation is 1. The number of nitrogens with zero attached hydrogens (tertiary/aromatic N) is 1. The zero-order valence-electron chi connectivity index (χ0n) is 9.89. The maximum atomic E-state index is 6.11. The molecule has 0 aromatic heterocycles. The third kappa shape index (κ3) is 3.19. The highest BCUT2D eigenvalue weighted by Gasteiger charge is 2.10. The van der Waals surface area contributed by atoms with Crippen LogP contribution in [0.25, 0.3) is 0 Å². The lowest BCUT2D eigenvalue weighted by Gasteiger charge is -2.22. The maximum Gasteiger partial charge on any atom is 0.142 e. The number of anilines is 1. The maximum absolute atomic E-state index is 6.11. The molecule has 0 aliphatic carbocycles. The Morgan fingerprint density at radius 1 is 1.38 bits per heavy atom. The van der Waals surface area contributed by atoms with E-state index in [1.165, 1.54) is 0 Å². The molecular formula is C12H17Cl2NO. The van der Waals surface area contributed by atoms with E-state index < -0.39 is 0 Å². The minimum atomic E-state index is 0.659. The molecule has 0 fully saturated rings. The first kappa shape index (κ1) is 13.5. The van der Waals surface area contributed by atoms with Crippen LogP contribution in [0, 0.1) is 6.92 Å². The molecule has 0 saturated heterocycles. The summed E-state index contributed by atoms with van der Waals surface area (Å²) in [4.78, 5) is 2.10. The van der Waals surface area contributed by atoms with Crippen LogP contribution in [0.15, 0.2) is 12.1 Å². The minimum Gasteiger partial charge on any atom is -0.495 e. The molecule has 16 heavy (non-hydrogen) atoms.